The Hall–Kier alpha value is -0.630. The van der Waals surface area contributed by atoms with E-state index in [9.17, 15) is 4.79 Å². The van der Waals surface area contributed by atoms with Crippen LogP contribution in [0.15, 0.2) is 11.6 Å². The maximum atomic E-state index is 10.6. The molecule has 0 aromatic heterocycles. The zero-order chi connectivity index (χ0) is 9.56. The van der Waals surface area contributed by atoms with Crippen LogP contribution in [0, 0.1) is 0 Å². The third-order valence-corrected chi connectivity index (χ3v) is 1.96. The van der Waals surface area contributed by atoms with E-state index in [1.165, 1.54) is 5.57 Å². The van der Waals surface area contributed by atoms with Crippen molar-refractivity contribution in [2.45, 2.75) is 39.7 Å². The summed E-state index contributed by atoms with van der Waals surface area (Å²) in [7, 11) is 1.69. The second kappa shape index (κ2) is 5.95. The molecule has 2 heteroatoms. The predicted octanol–water partition coefficient (Wildman–Crippen LogP) is 2.34. The molecule has 0 bridgehead atoms. The summed E-state index contributed by atoms with van der Waals surface area (Å²) in [6.07, 6.45) is 3.69. The number of ether oxygens (including phenoxy) is 1. The molecule has 0 aliphatic heterocycles. The monoisotopic (exact) mass is 170 g/mol. The molecule has 0 saturated heterocycles. The summed E-state index contributed by atoms with van der Waals surface area (Å²) >= 11 is 0. The summed E-state index contributed by atoms with van der Waals surface area (Å²) in [5.41, 5.74) is 1.19. The Morgan fingerprint density at radius 2 is 2.08 bits per heavy atom. The van der Waals surface area contributed by atoms with Crippen molar-refractivity contribution in [3.05, 3.63) is 11.6 Å². The van der Waals surface area contributed by atoms with Crippen LogP contribution in [0.5, 0.6) is 0 Å². The van der Waals surface area contributed by atoms with E-state index in [1.807, 2.05) is 13.8 Å². The lowest BCUT2D eigenvalue weighted by Gasteiger charge is -2.09. The van der Waals surface area contributed by atoms with Crippen LogP contribution in [0.3, 0.4) is 0 Å². The molecule has 1 unspecified atom stereocenters. The van der Waals surface area contributed by atoms with Crippen molar-refractivity contribution in [3.8, 4) is 0 Å². The minimum absolute atomic E-state index is 0.164. The fourth-order valence-electron chi connectivity index (χ4n) is 0.855. The van der Waals surface area contributed by atoms with Gasteiger partial charge in [-0.25, -0.2) is 0 Å². The highest BCUT2D eigenvalue weighted by molar-refractivity contribution is 5.75. The van der Waals surface area contributed by atoms with Crippen molar-refractivity contribution in [2.75, 3.05) is 7.11 Å². The first kappa shape index (κ1) is 11.4. The van der Waals surface area contributed by atoms with Gasteiger partial charge in [0.1, 0.15) is 5.78 Å². The van der Waals surface area contributed by atoms with Crippen molar-refractivity contribution in [3.63, 3.8) is 0 Å². The minimum Gasteiger partial charge on any atom is -0.377 e. The maximum absolute atomic E-state index is 10.6. The zero-order valence-corrected chi connectivity index (χ0v) is 8.39. The Morgan fingerprint density at radius 3 is 2.50 bits per heavy atom. The molecule has 0 aromatic rings. The number of allylic oxidation sites excluding steroid dienone is 1. The first-order valence-electron chi connectivity index (χ1n) is 4.26. The topological polar surface area (TPSA) is 26.3 Å². The molecule has 0 aliphatic carbocycles. The molecule has 0 radical (unpaired) electrons. The number of ketones is 1. The quantitative estimate of drug-likeness (QED) is 0.592. The summed E-state index contributed by atoms with van der Waals surface area (Å²) in [6.45, 7) is 5.64. The van der Waals surface area contributed by atoms with Gasteiger partial charge in [0.2, 0.25) is 0 Å². The molecule has 0 amide bonds. The van der Waals surface area contributed by atoms with Gasteiger partial charge >= 0.3 is 0 Å². The molecule has 12 heavy (non-hydrogen) atoms. The van der Waals surface area contributed by atoms with E-state index in [-0.39, 0.29) is 11.9 Å². The van der Waals surface area contributed by atoms with E-state index in [1.54, 1.807) is 14.0 Å². The average Bonchev–Trinajstić information content (AvgIpc) is 2.02. The van der Waals surface area contributed by atoms with Crippen molar-refractivity contribution in [2.24, 2.45) is 0 Å². The number of hydrogen-bond acceptors (Lipinski definition) is 2. The third kappa shape index (κ3) is 5.08. The van der Waals surface area contributed by atoms with Crippen LogP contribution in [0.25, 0.3) is 0 Å². The molecule has 0 heterocycles. The molecule has 0 aromatic carbocycles. The van der Waals surface area contributed by atoms with E-state index in [0.717, 1.165) is 6.42 Å². The molecular weight excluding hydrogens is 152 g/mol. The molecule has 2 nitrogen and oxygen atoms in total. The molecule has 1 atom stereocenters. The highest BCUT2D eigenvalue weighted by Gasteiger charge is 2.00. The van der Waals surface area contributed by atoms with E-state index < -0.39 is 0 Å². The third-order valence-electron chi connectivity index (χ3n) is 1.96. The number of rotatable bonds is 5. The van der Waals surface area contributed by atoms with Gasteiger partial charge < -0.3 is 9.53 Å². The molecule has 0 N–H and O–H groups in total. The van der Waals surface area contributed by atoms with E-state index in [4.69, 9.17) is 4.74 Å². The fourth-order valence-corrected chi connectivity index (χ4v) is 0.855. The molecular formula is C10H18O2. The Labute approximate surface area is 74.6 Å². The smallest absolute Gasteiger partial charge is 0.130 e. The Bertz CT molecular complexity index is 171. The lowest BCUT2D eigenvalue weighted by atomic mass is 10.1. The fraction of sp³-hybridized carbons (Fsp3) is 0.700. The second-order valence-corrected chi connectivity index (χ2v) is 3.07. The predicted molar refractivity (Wildman–Crippen MR) is 50.1 cm³/mol. The molecule has 0 rings (SSSR count). The van der Waals surface area contributed by atoms with Gasteiger partial charge in [0, 0.05) is 13.5 Å². The van der Waals surface area contributed by atoms with Gasteiger partial charge in [-0.05, 0) is 32.8 Å². The lowest BCUT2D eigenvalue weighted by molar-refractivity contribution is -0.116. The first-order chi connectivity index (χ1) is 5.57. The van der Waals surface area contributed by atoms with Crippen molar-refractivity contribution in [1.29, 1.82) is 0 Å². The first-order valence-corrected chi connectivity index (χ1v) is 4.26. The van der Waals surface area contributed by atoms with E-state index >= 15 is 0 Å². The van der Waals surface area contributed by atoms with Gasteiger partial charge in [-0.3, -0.25) is 0 Å². The number of hydrogen-bond donors (Lipinski definition) is 0. The Balaban J connectivity index is 3.76. The summed E-state index contributed by atoms with van der Waals surface area (Å²) in [4.78, 5) is 10.6. The molecule has 0 spiro atoms. The summed E-state index contributed by atoms with van der Waals surface area (Å²) in [5, 5.41) is 0. The Morgan fingerprint density at radius 1 is 1.50 bits per heavy atom. The van der Waals surface area contributed by atoms with Crippen molar-refractivity contribution >= 4 is 5.78 Å². The normalized spacial score (nSPS) is 14.5. The van der Waals surface area contributed by atoms with Gasteiger partial charge in [0.05, 0.1) is 6.10 Å². The standard InChI is InChI=1S/C10H18O2/c1-8(10(3)12-4)6-5-7-9(2)11/h6,10H,5,7H2,1-4H3/b8-6+. The second-order valence-electron chi connectivity index (χ2n) is 3.07. The van der Waals surface area contributed by atoms with E-state index in [0.29, 0.717) is 6.42 Å². The van der Waals surface area contributed by atoms with Gasteiger partial charge in [0.15, 0.2) is 0 Å². The SMILES string of the molecule is COC(C)/C(C)=C/CCC(C)=O. The molecule has 0 saturated carbocycles. The molecule has 0 fully saturated rings. The van der Waals surface area contributed by atoms with Crippen LogP contribution in [0.2, 0.25) is 0 Å². The average molecular weight is 170 g/mol. The van der Waals surface area contributed by atoms with Gasteiger partial charge in [-0.15, -0.1) is 0 Å². The van der Waals surface area contributed by atoms with E-state index in [2.05, 4.69) is 6.08 Å². The maximum Gasteiger partial charge on any atom is 0.130 e. The van der Waals surface area contributed by atoms with Crippen LogP contribution in [-0.4, -0.2) is 19.0 Å². The van der Waals surface area contributed by atoms with Gasteiger partial charge in [0.25, 0.3) is 0 Å². The summed E-state index contributed by atoms with van der Waals surface area (Å²) < 4.78 is 5.12. The van der Waals surface area contributed by atoms with Crippen LogP contribution >= 0.6 is 0 Å². The highest BCUT2D eigenvalue weighted by Crippen LogP contribution is 2.06. The number of methoxy groups -OCH3 is 1. The van der Waals surface area contributed by atoms with Crippen LogP contribution in [-0.2, 0) is 9.53 Å². The largest absolute Gasteiger partial charge is 0.377 e. The van der Waals surface area contributed by atoms with Crippen LogP contribution < -0.4 is 0 Å². The summed E-state index contributed by atoms with van der Waals surface area (Å²) in [6, 6.07) is 0. The molecule has 0 aliphatic rings. The van der Waals surface area contributed by atoms with Crippen molar-refractivity contribution in [1.82, 2.24) is 0 Å². The number of carbonyl (C=O) groups excluding carboxylic acids is 1. The van der Waals surface area contributed by atoms with Crippen LogP contribution in [0.1, 0.15) is 33.6 Å². The summed E-state index contributed by atoms with van der Waals surface area (Å²) in [5.74, 6) is 0.240. The zero-order valence-electron chi connectivity index (χ0n) is 8.39. The number of Topliss-reactive ketones (excluding diaryl/α,β-unsaturated/α-hetero) is 1. The number of carbonyl (C=O) groups is 1. The minimum atomic E-state index is 0.164. The van der Waals surface area contributed by atoms with Gasteiger partial charge in [-0.2, -0.15) is 0 Å². The lowest BCUT2D eigenvalue weighted by Crippen LogP contribution is -2.05. The van der Waals surface area contributed by atoms with Crippen LogP contribution in [0.4, 0.5) is 0 Å². The highest BCUT2D eigenvalue weighted by atomic mass is 16.5. The van der Waals surface area contributed by atoms with Crippen molar-refractivity contribution < 1.29 is 9.53 Å². The Kier molecular flexibility index (Phi) is 5.64. The molecule has 70 valence electrons. The van der Waals surface area contributed by atoms with Gasteiger partial charge in [-0.1, -0.05) is 6.08 Å².